The SMILES string of the molecule is CCC(OCCC(C)CCC=C(C)C)C(=O)OCCCCCCBr. The smallest absolute Gasteiger partial charge is 0.335 e. The predicted octanol–water partition coefficient (Wildman–Crippen LogP) is 6.05. The lowest BCUT2D eigenvalue weighted by atomic mass is 10.0. The van der Waals surface area contributed by atoms with E-state index in [1.54, 1.807) is 0 Å². The fourth-order valence-corrected chi connectivity index (χ4v) is 2.78. The molecule has 24 heavy (non-hydrogen) atoms. The van der Waals surface area contributed by atoms with Crippen LogP contribution in [0.2, 0.25) is 0 Å². The highest BCUT2D eigenvalue weighted by Crippen LogP contribution is 2.13. The van der Waals surface area contributed by atoms with Gasteiger partial charge >= 0.3 is 5.97 Å². The van der Waals surface area contributed by atoms with E-state index in [2.05, 4.69) is 42.8 Å². The minimum atomic E-state index is -0.405. The van der Waals surface area contributed by atoms with Crippen LogP contribution in [0, 0.1) is 5.92 Å². The molecule has 0 aromatic carbocycles. The van der Waals surface area contributed by atoms with E-state index in [4.69, 9.17) is 9.47 Å². The normalized spacial score (nSPS) is 13.4. The van der Waals surface area contributed by atoms with Gasteiger partial charge in [-0.2, -0.15) is 0 Å². The Bertz CT molecular complexity index is 338. The second-order valence-corrected chi connectivity index (χ2v) is 7.58. The maximum Gasteiger partial charge on any atom is 0.335 e. The van der Waals surface area contributed by atoms with Crippen molar-refractivity contribution in [3.8, 4) is 0 Å². The maximum atomic E-state index is 12.0. The van der Waals surface area contributed by atoms with Gasteiger partial charge in [-0.15, -0.1) is 0 Å². The van der Waals surface area contributed by atoms with Gasteiger partial charge in [-0.25, -0.2) is 4.79 Å². The fraction of sp³-hybridized carbons (Fsp3) is 0.850. The molecule has 0 bridgehead atoms. The molecule has 142 valence electrons. The molecule has 0 fully saturated rings. The Morgan fingerprint density at radius 2 is 1.79 bits per heavy atom. The van der Waals surface area contributed by atoms with Crippen molar-refractivity contribution in [2.75, 3.05) is 18.5 Å². The highest BCUT2D eigenvalue weighted by molar-refractivity contribution is 9.09. The van der Waals surface area contributed by atoms with E-state index in [1.807, 2.05) is 6.92 Å². The molecule has 0 amide bonds. The lowest BCUT2D eigenvalue weighted by molar-refractivity contribution is -0.157. The zero-order valence-corrected chi connectivity index (χ0v) is 17.7. The largest absolute Gasteiger partial charge is 0.464 e. The molecule has 0 aliphatic heterocycles. The van der Waals surface area contributed by atoms with Crippen molar-refractivity contribution in [3.05, 3.63) is 11.6 Å². The first-order valence-corrected chi connectivity index (χ1v) is 10.6. The highest BCUT2D eigenvalue weighted by atomic mass is 79.9. The molecule has 0 aliphatic carbocycles. The summed E-state index contributed by atoms with van der Waals surface area (Å²) in [5.74, 6) is 0.416. The Labute approximate surface area is 157 Å². The van der Waals surface area contributed by atoms with Crippen LogP contribution in [-0.2, 0) is 14.3 Å². The Morgan fingerprint density at radius 1 is 1.08 bits per heavy atom. The molecule has 0 aromatic heterocycles. The second-order valence-electron chi connectivity index (χ2n) is 6.79. The molecule has 0 aromatic rings. The summed E-state index contributed by atoms with van der Waals surface area (Å²) >= 11 is 3.42. The van der Waals surface area contributed by atoms with Crippen molar-refractivity contribution in [3.63, 3.8) is 0 Å². The highest BCUT2D eigenvalue weighted by Gasteiger charge is 2.18. The first-order chi connectivity index (χ1) is 11.5. The number of carbonyl (C=O) groups is 1. The van der Waals surface area contributed by atoms with Crippen molar-refractivity contribution in [1.29, 1.82) is 0 Å². The van der Waals surface area contributed by atoms with Crippen LogP contribution in [0.15, 0.2) is 11.6 Å². The molecular weight excluding hydrogens is 368 g/mol. The third-order valence-electron chi connectivity index (χ3n) is 4.05. The molecule has 3 nitrogen and oxygen atoms in total. The average Bonchev–Trinajstić information content (AvgIpc) is 2.54. The molecule has 4 heteroatoms. The maximum absolute atomic E-state index is 12.0. The van der Waals surface area contributed by atoms with E-state index in [1.165, 1.54) is 24.8 Å². The fourth-order valence-electron chi connectivity index (χ4n) is 2.38. The van der Waals surface area contributed by atoms with Crippen LogP contribution in [0.5, 0.6) is 0 Å². The summed E-state index contributed by atoms with van der Waals surface area (Å²) < 4.78 is 11.1. The van der Waals surface area contributed by atoms with E-state index in [9.17, 15) is 4.79 Å². The molecular formula is C20H37BrO3. The van der Waals surface area contributed by atoms with Gasteiger partial charge in [0.1, 0.15) is 0 Å². The molecule has 0 rings (SSSR count). The first-order valence-electron chi connectivity index (χ1n) is 9.48. The summed E-state index contributed by atoms with van der Waals surface area (Å²) in [6.45, 7) is 9.63. The van der Waals surface area contributed by atoms with E-state index in [0.717, 1.165) is 31.0 Å². The summed E-state index contributed by atoms with van der Waals surface area (Å²) in [6.07, 6.45) is 10.3. The van der Waals surface area contributed by atoms with Gasteiger partial charge < -0.3 is 9.47 Å². The third-order valence-corrected chi connectivity index (χ3v) is 4.61. The van der Waals surface area contributed by atoms with Gasteiger partial charge in [0.2, 0.25) is 0 Å². The van der Waals surface area contributed by atoms with Crippen LogP contribution in [-0.4, -0.2) is 30.6 Å². The van der Waals surface area contributed by atoms with Crippen molar-refractivity contribution in [2.45, 2.75) is 85.2 Å². The monoisotopic (exact) mass is 404 g/mol. The number of unbranched alkanes of at least 4 members (excludes halogenated alkanes) is 3. The summed E-state index contributed by atoms with van der Waals surface area (Å²) in [5.41, 5.74) is 1.37. The molecule has 0 spiro atoms. The van der Waals surface area contributed by atoms with Crippen LogP contribution >= 0.6 is 15.9 Å². The van der Waals surface area contributed by atoms with Gasteiger partial charge in [0.25, 0.3) is 0 Å². The van der Waals surface area contributed by atoms with Gasteiger partial charge in [0.05, 0.1) is 6.61 Å². The molecule has 0 saturated heterocycles. The van der Waals surface area contributed by atoms with Crippen LogP contribution in [0.4, 0.5) is 0 Å². The Hall–Kier alpha value is -0.350. The van der Waals surface area contributed by atoms with E-state index in [-0.39, 0.29) is 5.97 Å². The van der Waals surface area contributed by atoms with Crippen LogP contribution in [0.1, 0.15) is 79.1 Å². The molecule has 2 unspecified atom stereocenters. The lowest BCUT2D eigenvalue weighted by Gasteiger charge is -2.17. The van der Waals surface area contributed by atoms with E-state index < -0.39 is 6.10 Å². The predicted molar refractivity (Wildman–Crippen MR) is 106 cm³/mol. The third kappa shape index (κ3) is 14.0. The number of rotatable bonds is 15. The van der Waals surface area contributed by atoms with Crippen molar-refractivity contribution in [2.24, 2.45) is 5.92 Å². The Morgan fingerprint density at radius 3 is 2.42 bits per heavy atom. The number of carbonyl (C=O) groups excluding carboxylic acids is 1. The van der Waals surface area contributed by atoms with Crippen molar-refractivity contribution >= 4 is 21.9 Å². The lowest BCUT2D eigenvalue weighted by Crippen LogP contribution is -2.27. The van der Waals surface area contributed by atoms with Gasteiger partial charge in [-0.3, -0.25) is 0 Å². The summed E-state index contributed by atoms with van der Waals surface area (Å²) in [4.78, 5) is 12.0. The minimum absolute atomic E-state index is 0.199. The standard InChI is InChI=1S/C20H37BrO3/c1-5-19(20(22)24-15-9-7-6-8-14-21)23-16-13-18(4)12-10-11-17(2)3/h11,18-19H,5-10,12-16H2,1-4H3. The van der Waals surface area contributed by atoms with Crippen LogP contribution in [0.3, 0.4) is 0 Å². The molecule has 0 saturated carbocycles. The second kappa shape index (κ2) is 16.1. The quantitative estimate of drug-likeness (QED) is 0.144. The van der Waals surface area contributed by atoms with Crippen molar-refractivity contribution in [1.82, 2.24) is 0 Å². The number of halogens is 1. The van der Waals surface area contributed by atoms with E-state index >= 15 is 0 Å². The van der Waals surface area contributed by atoms with Crippen LogP contribution < -0.4 is 0 Å². The zero-order chi connectivity index (χ0) is 18.2. The molecule has 0 N–H and O–H groups in total. The summed E-state index contributed by atoms with van der Waals surface area (Å²) in [6, 6.07) is 0. The number of allylic oxidation sites excluding steroid dienone is 2. The number of esters is 1. The van der Waals surface area contributed by atoms with Gasteiger partial charge in [-0.05, 0) is 58.3 Å². The molecule has 0 aliphatic rings. The Kier molecular flexibility index (Phi) is 15.9. The topological polar surface area (TPSA) is 35.5 Å². The number of alkyl halides is 1. The number of ether oxygens (including phenoxy) is 2. The number of hydrogen-bond donors (Lipinski definition) is 0. The Balaban J connectivity index is 3.80. The van der Waals surface area contributed by atoms with Crippen LogP contribution in [0.25, 0.3) is 0 Å². The summed E-state index contributed by atoms with van der Waals surface area (Å²) in [7, 11) is 0. The van der Waals surface area contributed by atoms with Gasteiger partial charge in [0.15, 0.2) is 6.10 Å². The van der Waals surface area contributed by atoms with Crippen molar-refractivity contribution < 1.29 is 14.3 Å². The minimum Gasteiger partial charge on any atom is -0.464 e. The average molecular weight is 405 g/mol. The molecule has 0 heterocycles. The van der Waals surface area contributed by atoms with E-state index in [0.29, 0.717) is 25.6 Å². The van der Waals surface area contributed by atoms with Gasteiger partial charge in [0, 0.05) is 11.9 Å². The summed E-state index contributed by atoms with van der Waals surface area (Å²) in [5, 5.41) is 1.05. The zero-order valence-electron chi connectivity index (χ0n) is 16.1. The number of hydrogen-bond acceptors (Lipinski definition) is 3. The molecule has 0 radical (unpaired) electrons. The first kappa shape index (κ1) is 23.6. The van der Waals surface area contributed by atoms with Gasteiger partial charge in [-0.1, -0.05) is 54.3 Å². The molecule has 2 atom stereocenters.